The Kier molecular flexibility index (Phi) is 3.67. The lowest BCUT2D eigenvalue weighted by molar-refractivity contribution is 0.411. The molecule has 4 nitrogen and oxygen atoms in total. The minimum absolute atomic E-state index is 0.204. The first kappa shape index (κ1) is 12.6. The summed E-state index contributed by atoms with van der Waals surface area (Å²) in [7, 11) is 1.67. The fourth-order valence-electron chi connectivity index (χ4n) is 2.11. The van der Waals surface area contributed by atoms with E-state index < -0.39 is 0 Å². The second-order valence-corrected chi connectivity index (χ2v) is 4.28. The number of hydrogen-bond donors (Lipinski definition) is 1. The molecular formula is C14H19N3O. The average Bonchev–Trinajstić information content (AvgIpc) is 2.86. The third kappa shape index (κ3) is 2.24. The van der Waals surface area contributed by atoms with Gasteiger partial charge in [-0.25, -0.2) is 4.98 Å². The number of aromatic nitrogens is 2. The van der Waals surface area contributed by atoms with Crippen molar-refractivity contribution in [1.82, 2.24) is 9.55 Å². The summed E-state index contributed by atoms with van der Waals surface area (Å²) in [5, 5.41) is 0. The molecule has 1 atom stereocenters. The maximum atomic E-state index is 6.27. The fourth-order valence-corrected chi connectivity index (χ4v) is 2.11. The van der Waals surface area contributed by atoms with Crippen molar-refractivity contribution in [1.29, 1.82) is 0 Å². The van der Waals surface area contributed by atoms with E-state index in [9.17, 15) is 0 Å². The quantitative estimate of drug-likeness (QED) is 0.899. The number of benzene rings is 1. The normalized spacial score (nSPS) is 12.4. The number of hydrogen-bond acceptors (Lipinski definition) is 3. The molecule has 0 amide bonds. The Balaban J connectivity index is 2.34. The largest absolute Gasteiger partial charge is 0.496 e. The molecule has 1 aromatic carbocycles. The van der Waals surface area contributed by atoms with Crippen molar-refractivity contribution in [3.05, 3.63) is 47.5 Å². The number of nitrogens with zero attached hydrogens (tertiary/aromatic N) is 2. The molecule has 0 saturated carbocycles. The summed E-state index contributed by atoms with van der Waals surface area (Å²) in [6.07, 6.45) is 3.74. The Bertz CT molecular complexity index is 534. The van der Waals surface area contributed by atoms with Crippen LogP contribution in [0.25, 0.3) is 0 Å². The molecule has 1 heterocycles. The van der Waals surface area contributed by atoms with Crippen LogP contribution in [0.5, 0.6) is 5.75 Å². The second kappa shape index (κ2) is 5.23. The number of imidazole rings is 1. The molecule has 0 aliphatic rings. The summed E-state index contributed by atoms with van der Waals surface area (Å²) in [6, 6.07) is 5.79. The molecular weight excluding hydrogens is 226 g/mol. The van der Waals surface area contributed by atoms with E-state index in [0.29, 0.717) is 0 Å². The number of nitrogens with two attached hydrogens (primary N) is 1. The molecule has 0 aliphatic carbocycles. The molecule has 4 heteroatoms. The van der Waals surface area contributed by atoms with Gasteiger partial charge in [0.15, 0.2) is 0 Å². The van der Waals surface area contributed by atoms with Crippen molar-refractivity contribution in [2.45, 2.75) is 26.4 Å². The van der Waals surface area contributed by atoms with E-state index in [1.807, 2.05) is 25.3 Å². The zero-order valence-electron chi connectivity index (χ0n) is 11.1. The SMILES string of the molecule is CCn1ccnc1C(N)c1ccc(OC)c(C)c1. The molecule has 1 aromatic heterocycles. The Morgan fingerprint density at radius 1 is 1.44 bits per heavy atom. The lowest BCUT2D eigenvalue weighted by Gasteiger charge is -2.15. The summed E-state index contributed by atoms with van der Waals surface area (Å²) >= 11 is 0. The zero-order chi connectivity index (χ0) is 13.1. The standard InChI is InChI=1S/C14H19N3O/c1-4-17-8-7-16-14(17)13(15)11-5-6-12(18-3)10(2)9-11/h5-9,13H,4,15H2,1-3H3. The second-order valence-electron chi connectivity index (χ2n) is 4.28. The summed E-state index contributed by atoms with van der Waals surface area (Å²) in [5.41, 5.74) is 8.41. The van der Waals surface area contributed by atoms with Crippen LogP contribution in [0.2, 0.25) is 0 Å². The van der Waals surface area contributed by atoms with Crippen LogP contribution in [0.15, 0.2) is 30.6 Å². The third-order valence-corrected chi connectivity index (χ3v) is 3.14. The van der Waals surface area contributed by atoms with E-state index in [4.69, 9.17) is 10.5 Å². The van der Waals surface area contributed by atoms with Gasteiger partial charge in [-0.2, -0.15) is 0 Å². The van der Waals surface area contributed by atoms with Gasteiger partial charge in [0.2, 0.25) is 0 Å². The van der Waals surface area contributed by atoms with Crippen molar-refractivity contribution in [2.24, 2.45) is 5.73 Å². The highest BCUT2D eigenvalue weighted by Gasteiger charge is 2.15. The minimum atomic E-state index is -0.204. The highest BCUT2D eigenvalue weighted by Crippen LogP contribution is 2.24. The van der Waals surface area contributed by atoms with E-state index >= 15 is 0 Å². The molecule has 0 fully saturated rings. The Morgan fingerprint density at radius 2 is 2.22 bits per heavy atom. The minimum Gasteiger partial charge on any atom is -0.496 e. The molecule has 0 bridgehead atoms. The first-order valence-corrected chi connectivity index (χ1v) is 6.08. The topological polar surface area (TPSA) is 53.1 Å². The van der Waals surface area contributed by atoms with Gasteiger partial charge >= 0.3 is 0 Å². The monoisotopic (exact) mass is 245 g/mol. The molecule has 0 aliphatic heterocycles. The van der Waals surface area contributed by atoms with E-state index in [1.54, 1.807) is 13.3 Å². The van der Waals surface area contributed by atoms with Gasteiger partial charge < -0.3 is 15.0 Å². The molecule has 1 unspecified atom stereocenters. The maximum Gasteiger partial charge on any atom is 0.130 e. The average molecular weight is 245 g/mol. The van der Waals surface area contributed by atoms with Crippen LogP contribution in [-0.2, 0) is 6.54 Å². The van der Waals surface area contributed by atoms with Gasteiger partial charge in [-0.15, -0.1) is 0 Å². The molecule has 2 aromatic rings. The van der Waals surface area contributed by atoms with Gasteiger partial charge in [0.25, 0.3) is 0 Å². The van der Waals surface area contributed by atoms with Crippen LogP contribution in [0.1, 0.15) is 29.9 Å². The van der Waals surface area contributed by atoms with Gasteiger partial charge in [-0.1, -0.05) is 12.1 Å². The first-order chi connectivity index (χ1) is 8.67. The van der Waals surface area contributed by atoms with Gasteiger partial charge in [-0.3, -0.25) is 0 Å². The van der Waals surface area contributed by atoms with Crippen molar-refractivity contribution < 1.29 is 4.74 Å². The molecule has 18 heavy (non-hydrogen) atoms. The number of methoxy groups -OCH3 is 1. The summed E-state index contributed by atoms with van der Waals surface area (Å²) in [5.74, 6) is 1.77. The molecule has 0 radical (unpaired) electrons. The lowest BCUT2D eigenvalue weighted by atomic mass is 10.0. The van der Waals surface area contributed by atoms with Crippen LogP contribution in [-0.4, -0.2) is 16.7 Å². The summed E-state index contributed by atoms with van der Waals surface area (Å²) in [6.45, 7) is 4.97. The third-order valence-electron chi connectivity index (χ3n) is 3.14. The van der Waals surface area contributed by atoms with Crippen LogP contribution < -0.4 is 10.5 Å². The fraction of sp³-hybridized carbons (Fsp3) is 0.357. The van der Waals surface area contributed by atoms with E-state index in [2.05, 4.69) is 22.5 Å². The van der Waals surface area contributed by atoms with Crippen LogP contribution in [0, 0.1) is 6.92 Å². The smallest absolute Gasteiger partial charge is 0.130 e. The molecule has 0 saturated heterocycles. The van der Waals surface area contributed by atoms with Crippen LogP contribution in [0.4, 0.5) is 0 Å². The maximum absolute atomic E-state index is 6.27. The number of ether oxygens (including phenoxy) is 1. The van der Waals surface area contributed by atoms with Gasteiger partial charge in [0.1, 0.15) is 11.6 Å². The molecule has 96 valence electrons. The predicted octanol–water partition coefficient (Wildman–Crippen LogP) is 2.27. The van der Waals surface area contributed by atoms with Crippen molar-refractivity contribution >= 4 is 0 Å². The molecule has 2 N–H and O–H groups in total. The van der Waals surface area contributed by atoms with Crippen LogP contribution >= 0.6 is 0 Å². The number of aryl methyl sites for hydroxylation is 2. The van der Waals surface area contributed by atoms with Gasteiger partial charge in [0.05, 0.1) is 13.2 Å². The zero-order valence-corrected chi connectivity index (χ0v) is 11.1. The van der Waals surface area contributed by atoms with Crippen LogP contribution in [0.3, 0.4) is 0 Å². The lowest BCUT2D eigenvalue weighted by Crippen LogP contribution is -2.17. The van der Waals surface area contributed by atoms with Crippen molar-refractivity contribution in [3.8, 4) is 5.75 Å². The van der Waals surface area contributed by atoms with E-state index in [1.165, 1.54) is 0 Å². The van der Waals surface area contributed by atoms with Crippen molar-refractivity contribution in [2.75, 3.05) is 7.11 Å². The van der Waals surface area contributed by atoms with Gasteiger partial charge in [0, 0.05) is 18.9 Å². The highest BCUT2D eigenvalue weighted by molar-refractivity contribution is 5.38. The first-order valence-electron chi connectivity index (χ1n) is 6.08. The summed E-state index contributed by atoms with van der Waals surface area (Å²) < 4.78 is 7.31. The Labute approximate surface area is 107 Å². The number of rotatable bonds is 4. The van der Waals surface area contributed by atoms with Crippen molar-refractivity contribution in [3.63, 3.8) is 0 Å². The molecule has 2 rings (SSSR count). The molecule has 0 spiro atoms. The van der Waals surface area contributed by atoms with Gasteiger partial charge in [-0.05, 0) is 31.0 Å². The van der Waals surface area contributed by atoms with E-state index in [0.717, 1.165) is 29.2 Å². The highest BCUT2D eigenvalue weighted by atomic mass is 16.5. The Morgan fingerprint density at radius 3 is 2.83 bits per heavy atom. The van der Waals surface area contributed by atoms with E-state index in [-0.39, 0.29) is 6.04 Å². The summed E-state index contributed by atoms with van der Waals surface area (Å²) in [4.78, 5) is 4.34. The predicted molar refractivity (Wildman–Crippen MR) is 71.7 cm³/mol. The Hall–Kier alpha value is -1.81.